The summed E-state index contributed by atoms with van der Waals surface area (Å²) in [7, 11) is 0. The Morgan fingerprint density at radius 2 is 2.04 bits per heavy atom. The molecule has 0 unspecified atom stereocenters. The number of para-hydroxylation sites is 1. The van der Waals surface area contributed by atoms with Crippen molar-refractivity contribution < 1.29 is 14.3 Å². The molecule has 1 amide bonds. The van der Waals surface area contributed by atoms with Gasteiger partial charge in [-0.2, -0.15) is 0 Å². The van der Waals surface area contributed by atoms with Crippen LogP contribution < -0.4 is 5.32 Å². The van der Waals surface area contributed by atoms with E-state index in [9.17, 15) is 9.59 Å². The van der Waals surface area contributed by atoms with Gasteiger partial charge in [-0.15, -0.1) is 11.3 Å². The molecule has 0 aliphatic heterocycles. The van der Waals surface area contributed by atoms with Crippen molar-refractivity contribution in [3.05, 3.63) is 64.0 Å². The summed E-state index contributed by atoms with van der Waals surface area (Å²) < 4.78 is 5.26. The fourth-order valence-corrected chi connectivity index (χ4v) is 3.70. The third-order valence-electron chi connectivity index (χ3n) is 4.56. The summed E-state index contributed by atoms with van der Waals surface area (Å²) in [6.07, 6.45) is 2.98. The SMILES string of the molecule is O=C(COC(=O)c1cc(C2CC2)nc2ccccc12)NCCc1cccs1. The first-order chi connectivity index (χ1) is 13.2. The first-order valence-electron chi connectivity index (χ1n) is 9.06. The third kappa shape index (κ3) is 4.34. The van der Waals surface area contributed by atoms with Gasteiger partial charge in [-0.3, -0.25) is 9.78 Å². The van der Waals surface area contributed by atoms with Gasteiger partial charge in [-0.05, 0) is 42.8 Å². The largest absolute Gasteiger partial charge is 0.452 e. The molecule has 27 heavy (non-hydrogen) atoms. The number of nitrogens with zero attached hydrogens (tertiary/aromatic N) is 1. The fraction of sp³-hybridized carbons (Fsp3) is 0.286. The molecule has 2 aromatic heterocycles. The van der Waals surface area contributed by atoms with E-state index in [0.717, 1.165) is 35.9 Å². The third-order valence-corrected chi connectivity index (χ3v) is 5.50. The number of carbonyl (C=O) groups excluding carboxylic acids is 2. The minimum Gasteiger partial charge on any atom is -0.452 e. The van der Waals surface area contributed by atoms with Crippen LogP contribution in [0.2, 0.25) is 0 Å². The molecule has 0 atom stereocenters. The molecule has 0 spiro atoms. The number of hydrogen-bond donors (Lipinski definition) is 1. The number of rotatable bonds is 7. The monoisotopic (exact) mass is 380 g/mol. The molecule has 5 nitrogen and oxygen atoms in total. The van der Waals surface area contributed by atoms with Crippen molar-refractivity contribution in [2.75, 3.05) is 13.2 Å². The van der Waals surface area contributed by atoms with Crippen LogP contribution >= 0.6 is 11.3 Å². The van der Waals surface area contributed by atoms with E-state index in [4.69, 9.17) is 4.74 Å². The highest BCUT2D eigenvalue weighted by molar-refractivity contribution is 7.09. The zero-order valence-electron chi connectivity index (χ0n) is 14.8. The van der Waals surface area contributed by atoms with Crippen LogP contribution in [0.1, 0.15) is 39.7 Å². The van der Waals surface area contributed by atoms with E-state index in [-0.39, 0.29) is 12.5 Å². The van der Waals surface area contributed by atoms with Crippen molar-refractivity contribution in [2.45, 2.75) is 25.2 Å². The van der Waals surface area contributed by atoms with Gasteiger partial charge in [0.2, 0.25) is 0 Å². The molecule has 0 bridgehead atoms. The maximum absolute atomic E-state index is 12.6. The molecule has 1 aromatic carbocycles. The maximum Gasteiger partial charge on any atom is 0.339 e. The van der Waals surface area contributed by atoms with E-state index in [1.165, 1.54) is 4.88 Å². The van der Waals surface area contributed by atoms with Crippen molar-refractivity contribution in [1.82, 2.24) is 10.3 Å². The fourth-order valence-electron chi connectivity index (χ4n) is 2.99. The highest BCUT2D eigenvalue weighted by Gasteiger charge is 2.27. The molecule has 0 saturated heterocycles. The van der Waals surface area contributed by atoms with Gasteiger partial charge in [0.15, 0.2) is 6.61 Å². The second kappa shape index (κ2) is 7.88. The molecule has 6 heteroatoms. The van der Waals surface area contributed by atoms with E-state index in [2.05, 4.69) is 10.3 Å². The molecule has 1 saturated carbocycles. The van der Waals surface area contributed by atoms with Crippen molar-refractivity contribution in [1.29, 1.82) is 0 Å². The van der Waals surface area contributed by atoms with E-state index < -0.39 is 5.97 Å². The molecular formula is C21H20N2O3S. The Bertz CT molecular complexity index is 965. The van der Waals surface area contributed by atoms with Gasteiger partial charge in [0.1, 0.15) is 0 Å². The number of amides is 1. The zero-order chi connectivity index (χ0) is 18.6. The second-order valence-electron chi connectivity index (χ2n) is 6.64. The number of esters is 1. The summed E-state index contributed by atoms with van der Waals surface area (Å²) >= 11 is 1.66. The quantitative estimate of drug-likeness (QED) is 0.635. The van der Waals surface area contributed by atoms with Crippen LogP contribution in [0.5, 0.6) is 0 Å². The smallest absolute Gasteiger partial charge is 0.339 e. The topological polar surface area (TPSA) is 68.3 Å². The summed E-state index contributed by atoms with van der Waals surface area (Å²) in [6, 6.07) is 13.4. The number of benzene rings is 1. The molecule has 4 rings (SSSR count). The Morgan fingerprint density at radius 3 is 2.81 bits per heavy atom. The number of pyridine rings is 1. The number of hydrogen-bond acceptors (Lipinski definition) is 5. The van der Waals surface area contributed by atoms with Crippen molar-refractivity contribution >= 4 is 34.1 Å². The number of aromatic nitrogens is 1. The van der Waals surface area contributed by atoms with Crippen molar-refractivity contribution in [2.24, 2.45) is 0 Å². The number of ether oxygens (including phenoxy) is 1. The number of thiophene rings is 1. The van der Waals surface area contributed by atoms with Crippen LogP contribution in [0.15, 0.2) is 47.8 Å². The second-order valence-corrected chi connectivity index (χ2v) is 7.67. The Hall–Kier alpha value is -2.73. The average molecular weight is 380 g/mol. The Kier molecular flexibility index (Phi) is 5.16. The minimum absolute atomic E-state index is 0.279. The van der Waals surface area contributed by atoms with Gasteiger partial charge in [0.05, 0.1) is 11.1 Å². The van der Waals surface area contributed by atoms with Crippen LogP contribution in [0, 0.1) is 0 Å². The molecule has 1 fully saturated rings. The molecular weight excluding hydrogens is 360 g/mol. The average Bonchev–Trinajstić information content (AvgIpc) is 3.42. The highest BCUT2D eigenvalue weighted by Crippen LogP contribution is 2.40. The van der Waals surface area contributed by atoms with Gasteiger partial charge in [0, 0.05) is 28.4 Å². The van der Waals surface area contributed by atoms with Gasteiger partial charge < -0.3 is 10.1 Å². The Morgan fingerprint density at radius 1 is 1.19 bits per heavy atom. The number of fused-ring (bicyclic) bond motifs is 1. The summed E-state index contributed by atoms with van der Waals surface area (Å²) in [6.45, 7) is 0.250. The van der Waals surface area contributed by atoms with Gasteiger partial charge in [0.25, 0.3) is 5.91 Å². The summed E-state index contributed by atoms with van der Waals surface area (Å²) in [5.74, 6) is -0.341. The van der Waals surface area contributed by atoms with Crippen LogP contribution in [0.4, 0.5) is 0 Å². The Balaban J connectivity index is 1.38. The van der Waals surface area contributed by atoms with Gasteiger partial charge in [-0.1, -0.05) is 24.3 Å². The van der Waals surface area contributed by atoms with E-state index >= 15 is 0 Å². The van der Waals surface area contributed by atoms with E-state index in [0.29, 0.717) is 18.0 Å². The standard InChI is InChI=1S/C21H20N2O3S/c24-20(22-10-9-15-4-3-11-27-15)13-26-21(25)17-12-19(14-7-8-14)23-18-6-2-1-5-16(17)18/h1-6,11-12,14H,7-10,13H2,(H,22,24). The lowest BCUT2D eigenvalue weighted by Crippen LogP contribution is -2.30. The lowest BCUT2D eigenvalue weighted by atomic mass is 10.1. The minimum atomic E-state index is -0.482. The summed E-state index contributed by atoms with van der Waals surface area (Å²) in [5, 5.41) is 5.55. The molecule has 3 aromatic rings. The number of nitrogens with one attached hydrogen (secondary N) is 1. The molecule has 138 valence electrons. The van der Waals surface area contributed by atoms with E-state index in [1.54, 1.807) is 11.3 Å². The van der Waals surface area contributed by atoms with Crippen LogP contribution in [-0.4, -0.2) is 30.0 Å². The van der Waals surface area contributed by atoms with E-state index in [1.807, 2.05) is 47.8 Å². The Labute approximate surface area is 161 Å². The normalized spacial score (nSPS) is 13.5. The molecule has 1 aliphatic rings. The highest BCUT2D eigenvalue weighted by atomic mass is 32.1. The van der Waals surface area contributed by atoms with Crippen LogP contribution in [0.3, 0.4) is 0 Å². The van der Waals surface area contributed by atoms with Crippen LogP contribution in [0.25, 0.3) is 10.9 Å². The van der Waals surface area contributed by atoms with Gasteiger partial charge in [-0.25, -0.2) is 4.79 Å². The van der Waals surface area contributed by atoms with Gasteiger partial charge >= 0.3 is 5.97 Å². The number of carbonyl (C=O) groups is 2. The lowest BCUT2D eigenvalue weighted by Gasteiger charge is -2.10. The first kappa shape index (κ1) is 17.7. The first-order valence-corrected chi connectivity index (χ1v) is 9.94. The molecule has 2 heterocycles. The molecule has 0 radical (unpaired) electrons. The van der Waals surface area contributed by atoms with Crippen molar-refractivity contribution in [3.8, 4) is 0 Å². The van der Waals surface area contributed by atoms with Crippen LogP contribution in [-0.2, 0) is 16.0 Å². The maximum atomic E-state index is 12.6. The molecule has 1 N–H and O–H groups in total. The summed E-state index contributed by atoms with van der Waals surface area (Å²) in [4.78, 5) is 30.4. The summed E-state index contributed by atoms with van der Waals surface area (Å²) in [5.41, 5.74) is 2.20. The lowest BCUT2D eigenvalue weighted by molar-refractivity contribution is -0.124. The van der Waals surface area contributed by atoms with Crippen molar-refractivity contribution in [3.63, 3.8) is 0 Å². The predicted octanol–water partition coefficient (Wildman–Crippen LogP) is 3.69. The predicted molar refractivity (Wildman–Crippen MR) is 105 cm³/mol. The molecule has 1 aliphatic carbocycles. The zero-order valence-corrected chi connectivity index (χ0v) is 15.6.